The highest BCUT2D eigenvalue weighted by Gasteiger charge is 2.50. The summed E-state index contributed by atoms with van der Waals surface area (Å²) in [6.07, 6.45) is 2.34. The van der Waals surface area contributed by atoms with Gasteiger partial charge in [-0.1, -0.05) is 42.5 Å². The van der Waals surface area contributed by atoms with E-state index >= 15 is 0 Å². The van der Waals surface area contributed by atoms with Crippen molar-refractivity contribution in [1.82, 2.24) is 4.98 Å². The van der Waals surface area contributed by atoms with Gasteiger partial charge in [-0.05, 0) is 35.6 Å². The van der Waals surface area contributed by atoms with Gasteiger partial charge in [-0.15, -0.1) is 11.3 Å². The van der Waals surface area contributed by atoms with Crippen LogP contribution in [0.15, 0.2) is 72.2 Å². The molecule has 1 atom stereocenters. The third-order valence-electron chi connectivity index (χ3n) is 5.73. The summed E-state index contributed by atoms with van der Waals surface area (Å²) in [4.78, 5) is 31.4. The SMILES string of the molecule is O=C(C[C@]1(O)C(=O)N(CCc2c[nH]c3ccccc23)c2ccccc21)c1cccs1. The maximum atomic E-state index is 13.3. The zero-order valence-corrected chi connectivity index (χ0v) is 17.0. The van der Waals surface area contributed by atoms with Gasteiger partial charge in [0.05, 0.1) is 17.0 Å². The number of fused-ring (bicyclic) bond motifs is 2. The summed E-state index contributed by atoms with van der Waals surface area (Å²) in [7, 11) is 0. The number of carbonyl (C=O) groups is 2. The first-order valence-electron chi connectivity index (χ1n) is 9.83. The number of hydrogen-bond donors (Lipinski definition) is 2. The second-order valence-corrected chi connectivity index (χ2v) is 8.47. The first-order valence-corrected chi connectivity index (χ1v) is 10.7. The van der Waals surface area contributed by atoms with Crippen LogP contribution in [-0.2, 0) is 16.8 Å². The number of aromatic amines is 1. The maximum absolute atomic E-state index is 13.3. The van der Waals surface area contributed by atoms with E-state index in [1.54, 1.807) is 29.2 Å². The molecule has 3 heterocycles. The Morgan fingerprint density at radius 1 is 1.07 bits per heavy atom. The fourth-order valence-corrected chi connectivity index (χ4v) is 4.89. The minimum Gasteiger partial charge on any atom is -0.375 e. The lowest BCUT2D eigenvalue weighted by atomic mass is 9.89. The molecular weight excluding hydrogens is 396 g/mol. The fourth-order valence-electron chi connectivity index (χ4n) is 4.23. The van der Waals surface area contributed by atoms with Crippen LogP contribution in [0.3, 0.4) is 0 Å². The number of para-hydroxylation sites is 2. The van der Waals surface area contributed by atoms with E-state index < -0.39 is 11.5 Å². The Morgan fingerprint density at radius 3 is 2.70 bits per heavy atom. The van der Waals surface area contributed by atoms with Crippen LogP contribution >= 0.6 is 11.3 Å². The van der Waals surface area contributed by atoms with E-state index in [2.05, 4.69) is 11.1 Å². The largest absolute Gasteiger partial charge is 0.375 e. The van der Waals surface area contributed by atoms with Crippen molar-refractivity contribution >= 4 is 39.6 Å². The zero-order chi connectivity index (χ0) is 20.7. The molecule has 0 radical (unpaired) electrons. The third-order valence-corrected chi connectivity index (χ3v) is 6.64. The van der Waals surface area contributed by atoms with Crippen LogP contribution in [0.25, 0.3) is 10.9 Å². The second-order valence-electron chi connectivity index (χ2n) is 7.52. The highest BCUT2D eigenvalue weighted by Crippen LogP contribution is 2.43. The van der Waals surface area contributed by atoms with Crippen LogP contribution in [0, 0.1) is 0 Å². The van der Waals surface area contributed by atoms with Gasteiger partial charge in [0, 0.05) is 29.2 Å². The summed E-state index contributed by atoms with van der Waals surface area (Å²) in [5.74, 6) is -0.664. The Bertz CT molecular complexity index is 1240. The Hall–Kier alpha value is -3.22. The Labute approximate surface area is 177 Å². The van der Waals surface area contributed by atoms with Crippen molar-refractivity contribution in [3.05, 3.63) is 88.2 Å². The molecule has 4 aromatic rings. The highest BCUT2D eigenvalue weighted by atomic mass is 32.1. The number of rotatable bonds is 6. The van der Waals surface area contributed by atoms with Crippen molar-refractivity contribution in [3.8, 4) is 0 Å². The van der Waals surface area contributed by atoms with E-state index in [0.29, 0.717) is 29.1 Å². The molecule has 1 aliphatic heterocycles. The topological polar surface area (TPSA) is 73.4 Å². The van der Waals surface area contributed by atoms with E-state index in [9.17, 15) is 14.7 Å². The molecule has 2 N–H and O–H groups in total. The molecule has 30 heavy (non-hydrogen) atoms. The Kier molecular flexibility index (Phi) is 4.53. The number of nitrogens with one attached hydrogen (secondary N) is 1. The van der Waals surface area contributed by atoms with Crippen LogP contribution in [0.4, 0.5) is 5.69 Å². The number of ketones is 1. The number of thiophene rings is 1. The quantitative estimate of drug-likeness (QED) is 0.461. The van der Waals surface area contributed by atoms with E-state index in [-0.39, 0.29) is 12.2 Å². The number of aliphatic hydroxyl groups is 1. The Balaban J connectivity index is 1.43. The molecule has 1 aliphatic rings. The predicted molar refractivity (Wildman–Crippen MR) is 118 cm³/mol. The van der Waals surface area contributed by atoms with Gasteiger partial charge in [0.1, 0.15) is 0 Å². The number of Topliss-reactive ketones (excluding diaryl/α,β-unsaturated/α-hetero) is 1. The normalized spacial score (nSPS) is 18.2. The molecule has 5 nitrogen and oxygen atoms in total. The van der Waals surface area contributed by atoms with Crippen molar-refractivity contribution in [3.63, 3.8) is 0 Å². The van der Waals surface area contributed by atoms with Gasteiger partial charge in [0.2, 0.25) is 0 Å². The molecule has 2 aromatic heterocycles. The van der Waals surface area contributed by atoms with Gasteiger partial charge in [-0.2, -0.15) is 0 Å². The van der Waals surface area contributed by atoms with Crippen molar-refractivity contribution in [2.24, 2.45) is 0 Å². The van der Waals surface area contributed by atoms with Crippen molar-refractivity contribution in [1.29, 1.82) is 0 Å². The van der Waals surface area contributed by atoms with Crippen LogP contribution in [0.5, 0.6) is 0 Å². The molecule has 0 saturated heterocycles. The summed E-state index contributed by atoms with van der Waals surface area (Å²) in [6, 6.07) is 18.8. The van der Waals surface area contributed by atoms with Gasteiger partial charge in [-0.25, -0.2) is 0 Å². The average Bonchev–Trinajstić information content (AvgIpc) is 3.48. The standard InChI is InChI=1S/C24H20N2O3S/c27-21(22-10-5-13-30-22)14-24(29)18-7-2-4-9-20(18)26(23(24)28)12-11-16-15-25-19-8-3-1-6-17(16)19/h1-10,13,15,25,29H,11-12,14H2/t24-/m1/s1. The van der Waals surface area contributed by atoms with Crippen LogP contribution in [-0.4, -0.2) is 28.3 Å². The first kappa shape index (κ1) is 18.8. The van der Waals surface area contributed by atoms with Crippen molar-refractivity contribution < 1.29 is 14.7 Å². The number of H-pyrrole nitrogens is 1. The highest BCUT2D eigenvalue weighted by molar-refractivity contribution is 7.12. The molecule has 0 bridgehead atoms. The number of amides is 1. The van der Waals surface area contributed by atoms with Gasteiger partial charge in [0.15, 0.2) is 11.4 Å². The molecule has 1 amide bonds. The number of anilines is 1. The van der Waals surface area contributed by atoms with E-state index in [0.717, 1.165) is 16.5 Å². The monoisotopic (exact) mass is 416 g/mol. The smallest absolute Gasteiger partial charge is 0.264 e. The molecule has 5 rings (SSSR count). The molecule has 0 spiro atoms. The number of benzene rings is 2. The summed E-state index contributed by atoms with van der Waals surface area (Å²) in [6.45, 7) is 0.424. The van der Waals surface area contributed by atoms with Crippen LogP contribution in [0.2, 0.25) is 0 Å². The summed E-state index contributed by atoms with van der Waals surface area (Å²) in [5.41, 5.74) is 1.50. The molecule has 0 unspecified atom stereocenters. The second kappa shape index (κ2) is 7.23. The molecule has 0 aliphatic carbocycles. The van der Waals surface area contributed by atoms with E-state index in [4.69, 9.17) is 0 Å². The molecule has 0 saturated carbocycles. The third kappa shape index (κ3) is 2.96. The van der Waals surface area contributed by atoms with Gasteiger partial charge in [-0.3, -0.25) is 9.59 Å². The zero-order valence-electron chi connectivity index (χ0n) is 16.2. The molecule has 6 heteroatoms. The summed E-state index contributed by atoms with van der Waals surface area (Å²) >= 11 is 1.32. The minimum atomic E-state index is -1.84. The molecular formula is C24H20N2O3S. The van der Waals surface area contributed by atoms with E-state index in [1.807, 2.05) is 41.9 Å². The number of carbonyl (C=O) groups excluding carboxylic acids is 2. The van der Waals surface area contributed by atoms with E-state index in [1.165, 1.54) is 11.3 Å². The maximum Gasteiger partial charge on any atom is 0.264 e. The van der Waals surface area contributed by atoms with Gasteiger partial charge >= 0.3 is 0 Å². The predicted octanol–water partition coefficient (Wildman–Crippen LogP) is 4.28. The number of hydrogen-bond acceptors (Lipinski definition) is 4. The minimum absolute atomic E-state index is 0.228. The van der Waals surface area contributed by atoms with Crippen molar-refractivity contribution in [2.75, 3.05) is 11.4 Å². The molecule has 2 aromatic carbocycles. The first-order chi connectivity index (χ1) is 14.6. The lowest BCUT2D eigenvalue weighted by Gasteiger charge is -2.22. The van der Waals surface area contributed by atoms with Crippen molar-refractivity contribution in [2.45, 2.75) is 18.4 Å². The number of aromatic nitrogens is 1. The number of nitrogens with zero attached hydrogens (tertiary/aromatic N) is 1. The van der Waals surface area contributed by atoms with Gasteiger partial charge < -0.3 is 15.0 Å². The molecule has 150 valence electrons. The summed E-state index contributed by atoms with van der Waals surface area (Å²) < 4.78 is 0. The van der Waals surface area contributed by atoms with Crippen LogP contribution in [0.1, 0.15) is 27.2 Å². The fraction of sp³-hybridized carbons (Fsp3) is 0.167. The van der Waals surface area contributed by atoms with Gasteiger partial charge in [0.25, 0.3) is 5.91 Å². The lowest BCUT2D eigenvalue weighted by molar-refractivity contribution is -0.135. The Morgan fingerprint density at radius 2 is 1.87 bits per heavy atom. The average molecular weight is 417 g/mol. The van der Waals surface area contributed by atoms with Crippen LogP contribution < -0.4 is 4.90 Å². The summed E-state index contributed by atoms with van der Waals surface area (Å²) in [5, 5.41) is 14.3. The lowest BCUT2D eigenvalue weighted by Crippen LogP contribution is -2.42. The molecule has 0 fully saturated rings.